The number of halogens is 1. The second kappa shape index (κ2) is 9.16. The Morgan fingerprint density at radius 3 is 2.23 bits per heavy atom. The second-order valence-corrected chi connectivity index (χ2v) is 6.34. The minimum atomic E-state index is -0.142. The number of hydrogen-bond acceptors (Lipinski definition) is 2. The summed E-state index contributed by atoms with van der Waals surface area (Å²) < 4.78 is 19.7. The Hall–Kier alpha value is -2.65. The molecule has 0 saturated heterocycles. The van der Waals surface area contributed by atoms with Crippen LogP contribution < -0.4 is 10.1 Å². The normalized spacial score (nSPS) is 10.7. The van der Waals surface area contributed by atoms with Gasteiger partial charge in [0.15, 0.2) is 0 Å². The van der Waals surface area contributed by atoms with Gasteiger partial charge in [-0.25, -0.2) is 4.39 Å². The Morgan fingerprint density at radius 1 is 0.808 bits per heavy atom. The molecule has 26 heavy (non-hydrogen) atoms. The van der Waals surface area contributed by atoms with Crippen LogP contribution in [0.2, 0.25) is 0 Å². The maximum Gasteiger partial charge on any atom is 0.126 e. The van der Waals surface area contributed by atoms with Crippen molar-refractivity contribution in [1.82, 2.24) is 5.32 Å². The molecule has 3 aromatic rings. The van der Waals surface area contributed by atoms with Crippen LogP contribution in [-0.4, -0.2) is 6.54 Å². The first-order valence-electron chi connectivity index (χ1n) is 8.93. The summed E-state index contributed by atoms with van der Waals surface area (Å²) in [5.74, 6) is 0.741. The van der Waals surface area contributed by atoms with Crippen LogP contribution in [0.25, 0.3) is 0 Å². The third-order valence-corrected chi connectivity index (χ3v) is 4.46. The van der Waals surface area contributed by atoms with Crippen LogP contribution in [0.5, 0.6) is 5.75 Å². The molecular formula is C23H24FNO. The summed E-state index contributed by atoms with van der Waals surface area (Å²) in [5, 5.41) is 3.38. The number of rotatable bonds is 8. The lowest BCUT2D eigenvalue weighted by Gasteiger charge is -2.13. The maximum absolute atomic E-state index is 13.7. The smallest absolute Gasteiger partial charge is 0.126 e. The highest BCUT2D eigenvalue weighted by Gasteiger charge is 2.05. The van der Waals surface area contributed by atoms with Crippen molar-refractivity contribution in [2.45, 2.75) is 26.5 Å². The quantitative estimate of drug-likeness (QED) is 0.575. The highest BCUT2D eigenvalue weighted by atomic mass is 19.1. The molecule has 0 aliphatic rings. The molecule has 0 amide bonds. The van der Waals surface area contributed by atoms with Gasteiger partial charge in [-0.05, 0) is 48.7 Å². The Kier molecular flexibility index (Phi) is 6.39. The van der Waals surface area contributed by atoms with Gasteiger partial charge in [0, 0.05) is 12.1 Å². The molecule has 1 N–H and O–H groups in total. The van der Waals surface area contributed by atoms with Crippen LogP contribution in [0.3, 0.4) is 0 Å². The van der Waals surface area contributed by atoms with Crippen LogP contribution >= 0.6 is 0 Å². The van der Waals surface area contributed by atoms with Gasteiger partial charge in [-0.2, -0.15) is 0 Å². The zero-order valence-corrected chi connectivity index (χ0v) is 15.0. The molecule has 3 rings (SSSR count). The molecule has 0 unspecified atom stereocenters. The number of nitrogens with one attached hydrogen (secondary N) is 1. The van der Waals surface area contributed by atoms with E-state index in [4.69, 9.17) is 4.74 Å². The molecule has 3 heteroatoms. The predicted molar refractivity (Wildman–Crippen MR) is 104 cm³/mol. The van der Waals surface area contributed by atoms with Gasteiger partial charge in [0.05, 0.1) is 0 Å². The molecule has 2 nitrogen and oxygen atoms in total. The van der Waals surface area contributed by atoms with Crippen LogP contribution in [0.15, 0.2) is 72.8 Å². The molecule has 0 aliphatic carbocycles. The monoisotopic (exact) mass is 349 g/mol. The maximum atomic E-state index is 13.7. The molecule has 134 valence electrons. The van der Waals surface area contributed by atoms with Crippen molar-refractivity contribution in [2.75, 3.05) is 6.54 Å². The molecule has 3 aromatic carbocycles. The number of ether oxygens (including phenoxy) is 1. The van der Waals surface area contributed by atoms with E-state index in [0.717, 1.165) is 16.9 Å². The fourth-order valence-corrected chi connectivity index (χ4v) is 2.87. The van der Waals surface area contributed by atoms with E-state index in [2.05, 4.69) is 30.4 Å². The van der Waals surface area contributed by atoms with Gasteiger partial charge in [-0.3, -0.25) is 0 Å². The van der Waals surface area contributed by atoms with E-state index < -0.39 is 0 Å². The summed E-state index contributed by atoms with van der Waals surface area (Å²) in [5.41, 5.74) is 4.27. The van der Waals surface area contributed by atoms with Crippen molar-refractivity contribution in [3.05, 3.63) is 101 Å². The highest BCUT2D eigenvalue weighted by Crippen LogP contribution is 2.20. The van der Waals surface area contributed by atoms with Crippen LogP contribution in [-0.2, 0) is 19.6 Å². The minimum Gasteiger partial charge on any atom is -0.489 e. The summed E-state index contributed by atoms with van der Waals surface area (Å²) in [4.78, 5) is 0. The summed E-state index contributed by atoms with van der Waals surface area (Å²) in [6, 6.07) is 23.2. The Balaban J connectivity index is 1.54. The molecule has 0 atom stereocenters. The third kappa shape index (κ3) is 4.93. The molecular weight excluding hydrogens is 325 g/mol. The van der Waals surface area contributed by atoms with E-state index in [-0.39, 0.29) is 5.82 Å². The van der Waals surface area contributed by atoms with Crippen molar-refractivity contribution in [3.8, 4) is 5.75 Å². The first-order valence-corrected chi connectivity index (χ1v) is 8.93. The molecule has 0 spiro atoms. The van der Waals surface area contributed by atoms with Gasteiger partial charge in [0.1, 0.15) is 18.2 Å². The summed E-state index contributed by atoms with van der Waals surface area (Å²) in [6.45, 7) is 4.05. The van der Waals surface area contributed by atoms with Crippen molar-refractivity contribution in [3.63, 3.8) is 0 Å². The standard InChI is InChI=1S/C23H24FNO/c1-18-8-2-3-11-21(18)17-26-23-13-7-5-10-20(23)16-25-15-14-19-9-4-6-12-22(19)24/h2-13,25H,14-17H2,1H3. The van der Waals surface area contributed by atoms with Gasteiger partial charge in [-0.1, -0.05) is 60.7 Å². The molecule has 0 bridgehead atoms. The first-order chi connectivity index (χ1) is 12.7. The van der Waals surface area contributed by atoms with Gasteiger partial charge < -0.3 is 10.1 Å². The first kappa shape index (κ1) is 18.2. The summed E-state index contributed by atoms with van der Waals surface area (Å²) in [6.07, 6.45) is 0.666. The van der Waals surface area contributed by atoms with Gasteiger partial charge in [0.2, 0.25) is 0 Å². The lowest BCUT2D eigenvalue weighted by atomic mass is 10.1. The number of benzene rings is 3. The Bertz CT molecular complexity index is 847. The average Bonchev–Trinajstić information content (AvgIpc) is 2.67. The highest BCUT2D eigenvalue weighted by molar-refractivity contribution is 5.34. The zero-order valence-electron chi connectivity index (χ0n) is 15.0. The fourth-order valence-electron chi connectivity index (χ4n) is 2.87. The van der Waals surface area contributed by atoms with Crippen molar-refractivity contribution in [1.29, 1.82) is 0 Å². The predicted octanol–water partition coefficient (Wildman–Crippen LogP) is 5.05. The SMILES string of the molecule is Cc1ccccc1COc1ccccc1CNCCc1ccccc1F. The van der Waals surface area contributed by atoms with Crippen molar-refractivity contribution < 1.29 is 9.13 Å². The van der Waals surface area contributed by atoms with Crippen LogP contribution in [0.1, 0.15) is 22.3 Å². The molecule has 0 heterocycles. The molecule has 0 radical (unpaired) electrons. The van der Waals surface area contributed by atoms with E-state index >= 15 is 0 Å². The average molecular weight is 349 g/mol. The van der Waals surface area contributed by atoms with Crippen molar-refractivity contribution in [2.24, 2.45) is 0 Å². The molecule has 0 aliphatic heterocycles. The Labute approximate surface area is 154 Å². The van der Waals surface area contributed by atoms with E-state index in [0.29, 0.717) is 26.1 Å². The van der Waals surface area contributed by atoms with Gasteiger partial charge in [0.25, 0.3) is 0 Å². The van der Waals surface area contributed by atoms with E-state index in [1.54, 1.807) is 6.07 Å². The van der Waals surface area contributed by atoms with E-state index in [1.165, 1.54) is 17.2 Å². The van der Waals surface area contributed by atoms with Crippen LogP contribution in [0.4, 0.5) is 4.39 Å². The largest absolute Gasteiger partial charge is 0.489 e. The third-order valence-electron chi connectivity index (χ3n) is 4.46. The van der Waals surface area contributed by atoms with Crippen LogP contribution in [0, 0.1) is 12.7 Å². The number of para-hydroxylation sites is 1. The lowest BCUT2D eigenvalue weighted by Crippen LogP contribution is -2.17. The zero-order chi connectivity index (χ0) is 18.2. The van der Waals surface area contributed by atoms with E-state index in [1.807, 2.05) is 42.5 Å². The van der Waals surface area contributed by atoms with Crippen molar-refractivity contribution >= 4 is 0 Å². The Morgan fingerprint density at radius 2 is 1.46 bits per heavy atom. The number of aryl methyl sites for hydroxylation is 1. The second-order valence-electron chi connectivity index (χ2n) is 6.34. The molecule has 0 saturated carbocycles. The minimum absolute atomic E-state index is 0.142. The topological polar surface area (TPSA) is 21.3 Å². The molecule has 0 fully saturated rings. The molecule has 0 aromatic heterocycles. The number of hydrogen-bond donors (Lipinski definition) is 1. The van der Waals surface area contributed by atoms with Gasteiger partial charge in [-0.15, -0.1) is 0 Å². The summed E-state index contributed by atoms with van der Waals surface area (Å²) in [7, 11) is 0. The lowest BCUT2D eigenvalue weighted by molar-refractivity contribution is 0.301. The summed E-state index contributed by atoms with van der Waals surface area (Å²) >= 11 is 0. The van der Waals surface area contributed by atoms with Gasteiger partial charge >= 0.3 is 0 Å². The van der Waals surface area contributed by atoms with E-state index in [9.17, 15) is 4.39 Å². The fraction of sp³-hybridized carbons (Fsp3) is 0.217.